The van der Waals surface area contributed by atoms with Crippen LogP contribution < -0.4 is 0 Å². The predicted molar refractivity (Wildman–Crippen MR) is 67.1 cm³/mol. The summed E-state index contributed by atoms with van der Waals surface area (Å²) in [6.45, 7) is 1.69. The van der Waals surface area contributed by atoms with E-state index in [1.54, 1.807) is 6.92 Å². The van der Waals surface area contributed by atoms with Crippen molar-refractivity contribution in [3.05, 3.63) is 30.6 Å². The predicted octanol–water partition coefficient (Wildman–Crippen LogP) is 2.44. The minimum atomic E-state index is -0.782. The van der Waals surface area contributed by atoms with E-state index >= 15 is 0 Å². The fourth-order valence-corrected chi connectivity index (χ4v) is 2.37. The highest BCUT2D eigenvalue weighted by Crippen LogP contribution is 2.25. The Morgan fingerprint density at radius 1 is 1.41 bits per heavy atom. The summed E-state index contributed by atoms with van der Waals surface area (Å²) in [5.74, 6) is -0.652. The maximum atomic E-state index is 10.7. The standard InChI is InChI=1S/C12H12N2O2S/c1-8(12(15)16)6-17-11-9-4-2-3-5-10(9)13-7-14-11/h2-5,7-8H,6H2,1H3,(H,15,16). The van der Waals surface area contributed by atoms with Crippen molar-refractivity contribution in [3.8, 4) is 0 Å². The molecular weight excluding hydrogens is 236 g/mol. The molecule has 1 N–H and O–H groups in total. The summed E-state index contributed by atoms with van der Waals surface area (Å²) in [6, 6.07) is 7.71. The molecule has 0 saturated heterocycles. The Kier molecular flexibility index (Phi) is 3.58. The topological polar surface area (TPSA) is 63.1 Å². The number of thioether (sulfide) groups is 1. The van der Waals surface area contributed by atoms with Crippen LogP contribution in [0.25, 0.3) is 10.9 Å². The SMILES string of the molecule is CC(CSc1ncnc2ccccc12)C(=O)O. The first-order valence-electron chi connectivity index (χ1n) is 5.24. The smallest absolute Gasteiger partial charge is 0.307 e. The summed E-state index contributed by atoms with van der Waals surface area (Å²) in [7, 11) is 0. The third-order valence-electron chi connectivity index (χ3n) is 2.40. The summed E-state index contributed by atoms with van der Waals surface area (Å²) >= 11 is 1.45. The number of hydrogen-bond donors (Lipinski definition) is 1. The molecule has 1 heterocycles. The van der Waals surface area contributed by atoms with E-state index in [1.807, 2.05) is 24.3 Å². The Labute approximate surface area is 103 Å². The van der Waals surface area contributed by atoms with Gasteiger partial charge in [0.05, 0.1) is 11.4 Å². The van der Waals surface area contributed by atoms with Gasteiger partial charge in [0.2, 0.25) is 0 Å². The Balaban J connectivity index is 2.21. The van der Waals surface area contributed by atoms with E-state index in [0.717, 1.165) is 15.9 Å². The number of carbonyl (C=O) groups is 1. The lowest BCUT2D eigenvalue weighted by Gasteiger charge is -2.06. The van der Waals surface area contributed by atoms with E-state index < -0.39 is 5.97 Å². The summed E-state index contributed by atoms with van der Waals surface area (Å²) in [5.41, 5.74) is 0.882. The zero-order valence-corrected chi connectivity index (χ0v) is 10.1. The average molecular weight is 248 g/mol. The van der Waals surface area contributed by atoms with Crippen LogP contribution in [-0.4, -0.2) is 26.8 Å². The van der Waals surface area contributed by atoms with Crippen LogP contribution in [0.4, 0.5) is 0 Å². The quantitative estimate of drug-likeness (QED) is 0.665. The lowest BCUT2D eigenvalue weighted by molar-refractivity contribution is -0.140. The van der Waals surface area contributed by atoms with Gasteiger partial charge in [-0.05, 0) is 6.07 Å². The second kappa shape index (κ2) is 5.14. The molecule has 1 aromatic carbocycles. The molecule has 0 aliphatic carbocycles. The monoisotopic (exact) mass is 248 g/mol. The van der Waals surface area contributed by atoms with Gasteiger partial charge in [0.15, 0.2) is 0 Å². The van der Waals surface area contributed by atoms with E-state index in [2.05, 4.69) is 9.97 Å². The molecule has 1 unspecified atom stereocenters. The lowest BCUT2D eigenvalue weighted by atomic mass is 10.2. The maximum absolute atomic E-state index is 10.7. The van der Waals surface area contributed by atoms with E-state index in [9.17, 15) is 4.79 Å². The Hall–Kier alpha value is -1.62. The molecule has 2 aromatic rings. The van der Waals surface area contributed by atoms with Crippen molar-refractivity contribution >= 4 is 28.6 Å². The third kappa shape index (κ3) is 2.74. The van der Waals surface area contributed by atoms with Gasteiger partial charge in [-0.1, -0.05) is 25.1 Å². The minimum Gasteiger partial charge on any atom is -0.481 e. The Morgan fingerprint density at radius 3 is 2.94 bits per heavy atom. The minimum absolute atomic E-state index is 0.381. The summed E-state index contributed by atoms with van der Waals surface area (Å²) < 4.78 is 0. The van der Waals surface area contributed by atoms with Crippen molar-refractivity contribution in [1.29, 1.82) is 0 Å². The van der Waals surface area contributed by atoms with E-state index in [1.165, 1.54) is 18.1 Å². The first-order chi connectivity index (χ1) is 8.18. The molecule has 17 heavy (non-hydrogen) atoms. The van der Waals surface area contributed by atoms with Gasteiger partial charge in [0.25, 0.3) is 0 Å². The Bertz CT molecular complexity index is 540. The van der Waals surface area contributed by atoms with Crippen molar-refractivity contribution in [2.24, 2.45) is 5.92 Å². The van der Waals surface area contributed by atoms with Gasteiger partial charge in [0.1, 0.15) is 11.4 Å². The maximum Gasteiger partial charge on any atom is 0.307 e. The van der Waals surface area contributed by atoms with Crippen molar-refractivity contribution in [2.75, 3.05) is 5.75 Å². The number of para-hydroxylation sites is 1. The molecule has 0 saturated carbocycles. The molecule has 0 aliphatic heterocycles. The lowest BCUT2D eigenvalue weighted by Crippen LogP contribution is -2.11. The van der Waals surface area contributed by atoms with Gasteiger partial charge in [-0.25, -0.2) is 9.97 Å². The Morgan fingerprint density at radius 2 is 2.18 bits per heavy atom. The number of benzene rings is 1. The zero-order valence-electron chi connectivity index (χ0n) is 9.33. The van der Waals surface area contributed by atoms with Gasteiger partial charge in [-0.2, -0.15) is 0 Å². The van der Waals surface area contributed by atoms with E-state index in [4.69, 9.17) is 5.11 Å². The van der Waals surface area contributed by atoms with Crippen LogP contribution in [0.2, 0.25) is 0 Å². The molecule has 0 amide bonds. The number of hydrogen-bond acceptors (Lipinski definition) is 4. The summed E-state index contributed by atoms with van der Waals surface area (Å²) in [4.78, 5) is 19.1. The molecule has 2 rings (SSSR count). The molecular formula is C12H12N2O2S. The normalized spacial score (nSPS) is 12.5. The van der Waals surface area contributed by atoms with Gasteiger partial charge in [-0.3, -0.25) is 4.79 Å². The highest BCUT2D eigenvalue weighted by Gasteiger charge is 2.12. The molecule has 0 fully saturated rings. The largest absolute Gasteiger partial charge is 0.481 e. The summed E-state index contributed by atoms with van der Waals surface area (Å²) in [6.07, 6.45) is 1.51. The van der Waals surface area contributed by atoms with Gasteiger partial charge in [-0.15, -0.1) is 11.8 Å². The highest BCUT2D eigenvalue weighted by atomic mass is 32.2. The van der Waals surface area contributed by atoms with Crippen molar-refractivity contribution in [1.82, 2.24) is 9.97 Å². The van der Waals surface area contributed by atoms with Crippen LogP contribution >= 0.6 is 11.8 Å². The number of nitrogens with zero attached hydrogens (tertiary/aromatic N) is 2. The van der Waals surface area contributed by atoms with Crippen LogP contribution in [0, 0.1) is 5.92 Å². The second-order valence-electron chi connectivity index (χ2n) is 3.75. The first kappa shape index (κ1) is 11.9. The molecule has 5 heteroatoms. The fourth-order valence-electron chi connectivity index (χ4n) is 1.37. The number of rotatable bonds is 4. The number of aromatic nitrogens is 2. The van der Waals surface area contributed by atoms with Crippen LogP contribution in [-0.2, 0) is 4.79 Å². The van der Waals surface area contributed by atoms with E-state index in [-0.39, 0.29) is 5.92 Å². The van der Waals surface area contributed by atoms with Crippen molar-refractivity contribution in [3.63, 3.8) is 0 Å². The summed E-state index contributed by atoms with van der Waals surface area (Å²) in [5, 5.41) is 10.6. The molecule has 0 bridgehead atoms. The van der Waals surface area contributed by atoms with Gasteiger partial charge in [0, 0.05) is 11.1 Å². The zero-order chi connectivity index (χ0) is 12.3. The van der Waals surface area contributed by atoms with Gasteiger partial charge >= 0.3 is 5.97 Å². The van der Waals surface area contributed by atoms with Crippen LogP contribution in [0.15, 0.2) is 35.6 Å². The average Bonchev–Trinajstić information content (AvgIpc) is 2.35. The molecule has 4 nitrogen and oxygen atoms in total. The van der Waals surface area contributed by atoms with Crippen LogP contribution in [0.3, 0.4) is 0 Å². The molecule has 0 aliphatic rings. The van der Waals surface area contributed by atoms with Crippen LogP contribution in [0.5, 0.6) is 0 Å². The van der Waals surface area contributed by atoms with Crippen molar-refractivity contribution < 1.29 is 9.90 Å². The number of fused-ring (bicyclic) bond motifs is 1. The molecule has 1 aromatic heterocycles. The van der Waals surface area contributed by atoms with Crippen molar-refractivity contribution in [2.45, 2.75) is 11.9 Å². The molecule has 88 valence electrons. The van der Waals surface area contributed by atoms with Gasteiger partial charge < -0.3 is 5.11 Å². The highest BCUT2D eigenvalue weighted by molar-refractivity contribution is 7.99. The number of carboxylic acids is 1. The molecule has 0 radical (unpaired) electrons. The molecule has 0 spiro atoms. The first-order valence-corrected chi connectivity index (χ1v) is 6.22. The number of carboxylic acid groups (broad SMARTS) is 1. The number of aliphatic carboxylic acids is 1. The second-order valence-corrected chi connectivity index (χ2v) is 4.75. The molecule has 1 atom stereocenters. The fraction of sp³-hybridized carbons (Fsp3) is 0.250. The third-order valence-corrected chi connectivity index (χ3v) is 3.66. The van der Waals surface area contributed by atoms with E-state index in [0.29, 0.717) is 5.75 Å². The van der Waals surface area contributed by atoms with Crippen LogP contribution in [0.1, 0.15) is 6.92 Å².